The second-order valence-electron chi connectivity index (χ2n) is 7.16. The van der Waals surface area contributed by atoms with Crippen molar-refractivity contribution in [3.63, 3.8) is 0 Å². The van der Waals surface area contributed by atoms with E-state index >= 15 is 0 Å². The summed E-state index contributed by atoms with van der Waals surface area (Å²) in [4.78, 5) is 28.6. The number of aromatic nitrogens is 1. The summed E-state index contributed by atoms with van der Waals surface area (Å²) < 4.78 is 5.81. The van der Waals surface area contributed by atoms with Gasteiger partial charge >= 0.3 is 0 Å². The zero-order valence-corrected chi connectivity index (χ0v) is 16.7. The molecule has 1 aliphatic rings. The maximum atomic E-state index is 12.3. The van der Waals surface area contributed by atoms with Crippen LogP contribution in [0.4, 0.5) is 0 Å². The lowest BCUT2D eigenvalue weighted by molar-refractivity contribution is -0.128. The number of rotatable bonds is 9. The third-order valence-electron chi connectivity index (χ3n) is 4.82. The predicted molar refractivity (Wildman–Crippen MR) is 113 cm³/mol. The minimum Gasteiger partial charge on any atom is -0.394 e. The van der Waals surface area contributed by atoms with Gasteiger partial charge in [0, 0.05) is 18.4 Å². The van der Waals surface area contributed by atoms with Crippen LogP contribution in [0.3, 0.4) is 0 Å². The predicted octanol–water partition coefficient (Wildman–Crippen LogP) is 1.17. The zero-order valence-electron chi connectivity index (χ0n) is 16.7. The number of pyridine rings is 1. The summed E-state index contributed by atoms with van der Waals surface area (Å²) in [5.74, 6) is -0.322. The molecule has 2 aromatic rings. The van der Waals surface area contributed by atoms with Crippen molar-refractivity contribution in [2.24, 2.45) is 0 Å². The monoisotopic (exact) mass is 409 g/mol. The first-order valence-electron chi connectivity index (χ1n) is 10.1. The van der Waals surface area contributed by atoms with Crippen LogP contribution in [0.2, 0.25) is 0 Å². The van der Waals surface area contributed by atoms with Crippen LogP contribution in [0, 0.1) is 0 Å². The van der Waals surface area contributed by atoms with Crippen LogP contribution in [0.1, 0.15) is 17.7 Å². The van der Waals surface area contributed by atoms with Gasteiger partial charge in [0.05, 0.1) is 31.6 Å². The van der Waals surface area contributed by atoms with Gasteiger partial charge in [-0.25, -0.2) is 0 Å². The number of nitrogens with one attached hydrogen (secondary N) is 2. The van der Waals surface area contributed by atoms with Gasteiger partial charge in [-0.1, -0.05) is 48.6 Å². The van der Waals surface area contributed by atoms with E-state index in [0.29, 0.717) is 12.2 Å². The molecule has 2 heterocycles. The van der Waals surface area contributed by atoms with Crippen molar-refractivity contribution in [3.05, 3.63) is 78.1 Å². The lowest BCUT2D eigenvalue weighted by Gasteiger charge is -2.31. The Balaban J connectivity index is 1.44. The van der Waals surface area contributed by atoms with Crippen molar-refractivity contribution in [2.45, 2.75) is 37.5 Å². The van der Waals surface area contributed by atoms with E-state index in [9.17, 15) is 14.7 Å². The minimum absolute atomic E-state index is 0.116. The Bertz CT molecular complexity index is 842. The Kier molecular flexibility index (Phi) is 8.11. The Morgan fingerprint density at radius 2 is 1.83 bits per heavy atom. The molecule has 1 aromatic heterocycles. The van der Waals surface area contributed by atoms with Gasteiger partial charge in [-0.2, -0.15) is 0 Å². The van der Waals surface area contributed by atoms with Crippen LogP contribution < -0.4 is 10.6 Å². The maximum absolute atomic E-state index is 12.3. The Morgan fingerprint density at radius 3 is 2.57 bits per heavy atom. The second kappa shape index (κ2) is 11.2. The van der Waals surface area contributed by atoms with Gasteiger partial charge in [-0.3, -0.25) is 14.6 Å². The molecule has 0 fully saturated rings. The van der Waals surface area contributed by atoms with E-state index in [0.717, 1.165) is 12.0 Å². The number of aliphatic hydroxyl groups is 1. The highest BCUT2D eigenvalue weighted by Gasteiger charge is 2.29. The van der Waals surface area contributed by atoms with Crippen molar-refractivity contribution < 1.29 is 19.4 Å². The quantitative estimate of drug-likeness (QED) is 0.540. The molecule has 0 saturated heterocycles. The van der Waals surface area contributed by atoms with E-state index in [1.54, 1.807) is 30.5 Å². The number of hydrogen-bond donors (Lipinski definition) is 3. The van der Waals surface area contributed by atoms with Crippen molar-refractivity contribution in [3.8, 4) is 0 Å². The van der Waals surface area contributed by atoms with Crippen molar-refractivity contribution in [2.75, 3.05) is 13.2 Å². The van der Waals surface area contributed by atoms with E-state index in [1.807, 2.05) is 36.4 Å². The summed E-state index contributed by atoms with van der Waals surface area (Å²) in [5.41, 5.74) is 1.83. The summed E-state index contributed by atoms with van der Waals surface area (Å²) in [6.45, 7) is 0.292. The fraction of sp³-hybridized carbons (Fsp3) is 0.348. The molecule has 7 nitrogen and oxygen atoms in total. The van der Waals surface area contributed by atoms with Crippen LogP contribution >= 0.6 is 0 Å². The molecule has 0 bridgehead atoms. The number of benzene rings is 1. The molecular formula is C23H27N3O4. The van der Waals surface area contributed by atoms with E-state index in [2.05, 4.69) is 15.6 Å². The molecule has 3 N–H and O–H groups in total. The van der Waals surface area contributed by atoms with Crippen LogP contribution in [0.25, 0.3) is 0 Å². The molecule has 2 amide bonds. The first kappa shape index (κ1) is 21.7. The zero-order chi connectivity index (χ0) is 21.2. The van der Waals surface area contributed by atoms with Gasteiger partial charge in [0.2, 0.25) is 11.8 Å². The third kappa shape index (κ3) is 6.79. The molecule has 0 unspecified atom stereocenters. The molecule has 158 valence electrons. The average Bonchev–Trinajstić information content (AvgIpc) is 2.76. The Labute approximate surface area is 176 Å². The first-order valence-corrected chi connectivity index (χ1v) is 10.1. The highest BCUT2D eigenvalue weighted by atomic mass is 16.5. The van der Waals surface area contributed by atoms with Crippen molar-refractivity contribution in [1.82, 2.24) is 15.6 Å². The summed E-state index contributed by atoms with van der Waals surface area (Å²) >= 11 is 0. The molecule has 0 saturated carbocycles. The second-order valence-corrected chi connectivity index (χ2v) is 7.16. The summed E-state index contributed by atoms with van der Waals surface area (Å²) in [5, 5.41) is 15.4. The molecule has 1 aliphatic heterocycles. The van der Waals surface area contributed by atoms with Crippen LogP contribution in [0.5, 0.6) is 0 Å². The van der Waals surface area contributed by atoms with E-state index in [4.69, 9.17) is 4.74 Å². The van der Waals surface area contributed by atoms with Gasteiger partial charge in [0.15, 0.2) is 0 Å². The maximum Gasteiger partial charge on any atom is 0.226 e. The number of carbonyl (C=O) groups excluding carboxylic acids is 2. The molecule has 0 radical (unpaired) electrons. The summed E-state index contributed by atoms with van der Waals surface area (Å²) in [6.07, 6.45) is 5.20. The molecule has 3 rings (SSSR count). The van der Waals surface area contributed by atoms with Crippen LogP contribution in [0.15, 0.2) is 66.9 Å². The van der Waals surface area contributed by atoms with E-state index in [-0.39, 0.29) is 31.3 Å². The molecule has 0 aliphatic carbocycles. The summed E-state index contributed by atoms with van der Waals surface area (Å²) in [6, 6.07) is 14.9. The van der Waals surface area contributed by atoms with Gasteiger partial charge in [-0.15, -0.1) is 0 Å². The SMILES string of the molecule is O=C(C[C@H]1C=C[C@H](NC(=O)Cc2ccccn2)[C@@H](CO)O1)NCCc1ccccc1. The lowest BCUT2D eigenvalue weighted by atomic mass is 10.0. The van der Waals surface area contributed by atoms with E-state index in [1.165, 1.54) is 0 Å². The number of aliphatic hydroxyl groups excluding tert-OH is 1. The van der Waals surface area contributed by atoms with Gasteiger partial charge in [0.1, 0.15) is 6.10 Å². The minimum atomic E-state index is -0.607. The molecule has 30 heavy (non-hydrogen) atoms. The lowest BCUT2D eigenvalue weighted by Crippen LogP contribution is -2.49. The van der Waals surface area contributed by atoms with Crippen molar-refractivity contribution >= 4 is 11.8 Å². The number of hydrogen-bond acceptors (Lipinski definition) is 5. The Hall–Kier alpha value is -3.03. The number of ether oxygens (including phenoxy) is 1. The van der Waals surface area contributed by atoms with Gasteiger partial charge in [0.25, 0.3) is 0 Å². The standard InChI is InChI=1S/C23H27N3O4/c27-16-21-20(26-23(29)14-18-8-4-5-12-24-18)10-9-19(30-21)15-22(28)25-13-11-17-6-2-1-3-7-17/h1-10,12,19-21,27H,11,13-16H2,(H,25,28)(H,26,29)/t19-,20+,21-/m1/s1. The number of amides is 2. The largest absolute Gasteiger partial charge is 0.394 e. The fourth-order valence-corrected chi connectivity index (χ4v) is 3.29. The third-order valence-corrected chi connectivity index (χ3v) is 4.82. The first-order chi connectivity index (χ1) is 14.6. The number of nitrogens with zero attached hydrogens (tertiary/aromatic N) is 1. The normalized spacial score (nSPS) is 20.5. The molecule has 7 heteroatoms. The van der Waals surface area contributed by atoms with Crippen LogP contribution in [-0.4, -0.2) is 53.3 Å². The molecule has 0 spiro atoms. The Morgan fingerprint density at radius 1 is 1.03 bits per heavy atom. The van der Waals surface area contributed by atoms with E-state index < -0.39 is 18.2 Å². The summed E-state index contributed by atoms with van der Waals surface area (Å²) in [7, 11) is 0. The van der Waals surface area contributed by atoms with Crippen LogP contribution in [-0.2, 0) is 27.2 Å². The van der Waals surface area contributed by atoms with Gasteiger partial charge < -0.3 is 20.5 Å². The number of carbonyl (C=O) groups is 2. The smallest absolute Gasteiger partial charge is 0.226 e. The highest BCUT2D eigenvalue weighted by Crippen LogP contribution is 2.16. The molecule has 3 atom stereocenters. The molecular weight excluding hydrogens is 382 g/mol. The highest BCUT2D eigenvalue weighted by molar-refractivity contribution is 5.79. The average molecular weight is 409 g/mol. The van der Waals surface area contributed by atoms with Gasteiger partial charge in [-0.05, 0) is 24.1 Å². The topological polar surface area (TPSA) is 101 Å². The molecule has 1 aromatic carbocycles. The van der Waals surface area contributed by atoms with Crippen molar-refractivity contribution in [1.29, 1.82) is 0 Å². The fourth-order valence-electron chi connectivity index (χ4n) is 3.29.